The van der Waals surface area contributed by atoms with Gasteiger partial charge in [-0.2, -0.15) is 0 Å². The number of amides is 1. The Hall–Kier alpha value is -1.55. The van der Waals surface area contributed by atoms with Crippen molar-refractivity contribution in [2.24, 2.45) is 0 Å². The molecule has 0 saturated carbocycles. The maximum Gasteiger partial charge on any atom is 0.260 e. The first-order chi connectivity index (χ1) is 8.61. The number of fused-ring (bicyclic) bond motifs is 1. The van der Waals surface area contributed by atoms with Gasteiger partial charge in [-0.15, -0.1) is 0 Å². The van der Waals surface area contributed by atoms with Gasteiger partial charge < -0.3 is 15.2 Å². The van der Waals surface area contributed by atoms with Gasteiger partial charge in [-0.05, 0) is 49.4 Å². The molecule has 0 saturated heterocycles. The molecule has 4 nitrogen and oxygen atoms in total. The fraction of sp³-hybridized carbons (Fsp3) is 0.500. The Morgan fingerprint density at radius 2 is 2.33 bits per heavy atom. The molecule has 1 aliphatic carbocycles. The lowest BCUT2D eigenvalue weighted by atomic mass is 9.89. The number of aryl methyl sites for hydroxylation is 1. The van der Waals surface area contributed by atoms with E-state index in [1.165, 1.54) is 5.56 Å². The van der Waals surface area contributed by atoms with Crippen LogP contribution in [0.15, 0.2) is 18.2 Å². The first-order valence-corrected chi connectivity index (χ1v) is 6.31. The minimum Gasteiger partial charge on any atom is -0.481 e. The standard InChI is InChI=1S/C14H19NO3/c1-9(14(17)15-2)18-11-7-6-10-4-3-5-13(16)12(10)8-11/h6-9,13,16H,3-5H2,1-2H3,(H,15,17). The third kappa shape index (κ3) is 2.64. The second-order valence-electron chi connectivity index (χ2n) is 4.64. The van der Waals surface area contributed by atoms with Crippen molar-refractivity contribution in [2.75, 3.05) is 7.05 Å². The third-order valence-corrected chi connectivity index (χ3v) is 3.33. The molecule has 2 atom stereocenters. The van der Waals surface area contributed by atoms with E-state index in [0.717, 1.165) is 24.8 Å². The summed E-state index contributed by atoms with van der Waals surface area (Å²) >= 11 is 0. The average Bonchev–Trinajstić information content (AvgIpc) is 2.38. The van der Waals surface area contributed by atoms with Crippen molar-refractivity contribution in [3.8, 4) is 5.75 Å². The topological polar surface area (TPSA) is 58.6 Å². The van der Waals surface area contributed by atoms with Gasteiger partial charge in [0.05, 0.1) is 6.10 Å². The van der Waals surface area contributed by atoms with Crippen LogP contribution in [-0.4, -0.2) is 24.2 Å². The van der Waals surface area contributed by atoms with Gasteiger partial charge in [-0.3, -0.25) is 4.79 Å². The minimum atomic E-state index is -0.534. The Morgan fingerprint density at radius 1 is 1.56 bits per heavy atom. The van der Waals surface area contributed by atoms with Crippen molar-refractivity contribution in [3.05, 3.63) is 29.3 Å². The summed E-state index contributed by atoms with van der Waals surface area (Å²) in [6.45, 7) is 1.70. The van der Waals surface area contributed by atoms with E-state index >= 15 is 0 Å². The van der Waals surface area contributed by atoms with Gasteiger partial charge in [0.2, 0.25) is 0 Å². The fourth-order valence-corrected chi connectivity index (χ4v) is 2.29. The largest absolute Gasteiger partial charge is 0.481 e. The number of aliphatic hydroxyl groups excluding tert-OH is 1. The molecule has 98 valence electrons. The second-order valence-corrected chi connectivity index (χ2v) is 4.64. The predicted octanol–water partition coefficient (Wildman–Crippen LogP) is 1.57. The molecule has 2 N–H and O–H groups in total. The van der Waals surface area contributed by atoms with Gasteiger partial charge in [0.25, 0.3) is 5.91 Å². The summed E-state index contributed by atoms with van der Waals surface area (Å²) in [5.41, 5.74) is 2.11. The highest BCUT2D eigenvalue weighted by atomic mass is 16.5. The normalized spacial score (nSPS) is 19.8. The maximum absolute atomic E-state index is 11.4. The highest BCUT2D eigenvalue weighted by molar-refractivity contribution is 5.80. The maximum atomic E-state index is 11.4. The van der Waals surface area contributed by atoms with Crippen LogP contribution in [-0.2, 0) is 11.2 Å². The number of ether oxygens (including phenoxy) is 1. The lowest BCUT2D eigenvalue weighted by Crippen LogP contribution is -2.33. The molecular weight excluding hydrogens is 230 g/mol. The molecular formula is C14H19NO3. The van der Waals surface area contributed by atoms with Gasteiger partial charge in [0.1, 0.15) is 5.75 Å². The van der Waals surface area contributed by atoms with Crippen molar-refractivity contribution in [1.82, 2.24) is 5.32 Å². The van der Waals surface area contributed by atoms with E-state index in [4.69, 9.17) is 4.74 Å². The lowest BCUT2D eigenvalue weighted by Gasteiger charge is -2.22. The van der Waals surface area contributed by atoms with Crippen LogP contribution in [0.2, 0.25) is 0 Å². The van der Waals surface area contributed by atoms with E-state index < -0.39 is 12.2 Å². The molecule has 1 aromatic rings. The monoisotopic (exact) mass is 249 g/mol. The number of benzene rings is 1. The molecule has 18 heavy (non-hydrogen) atoms. The Labute approximate surface area is 107 Å². The van der Waals surface area contributed by atoms with Gasteiger partial charge >= 0.3 is 0 Å². The number of hydrogen-bond acceptors (Lipinski definition) is 3. The van der Waals surface area contributed by atoms with Crippen molar-refractivity contribution >= 4 is 5.91 Å². The van der Waals surface area contributed by atoms with Crippen molar-refractivity contribution < 1.29 is 14.6 Å². The number of aliphatic hydroxyl groups is 1. The lowest BCUT2D eigenvalue weighted by molar-refractivity contribution is -0.126. The first kappa shape index (κ1) is 12.9. The van der Waals surface area contributed by atoms with Gasteiger partial charge in [0.15, 0.2) is 6.10 Å². The van der Waals surface area contributed by atoms with Crippen LogP contribution in [0.1, 0.15) is 37.0 Å². The zero-order valence-electron chi connectivity index (χ0n) is 10.8. The molecule has 0 spiro atoms. The van der Waals surface area contributed by atoms with E-state index in [9.17, 15) is 9.90 Å². The number of carbonyl (C=O) groups is 1. The molecule has 0 fully saturated rings. The van der Waals surface area contributed by atoms with Crippen LogP contribution in [0.25, 0.3) is 0 Å². The van der Waals surface area contributed by atoms with Crippen molar-refractivity contribution in [2.45, 2.75) is 38.4 Å². The smallest absolute Gasteiger partial charge is 0.260 e. The van der Waals surface area contributed by atoms with Gasteiger partial charge in [0, 0.05) is 7.05 Å². The van der Waals surface area contributed by atoms with Crippen LogP contribution in [0, 0.1) is 0 Å². The molecule has 0 radical (unpaired) electrons. The average molecular weight is 249 g/mol. The summed E-state index contributed by atoms with van der Waals surface area (Å²) in [6, 6.07) is 5.68. The summed E-state index contributed by atoms with van der Waals surface area (Å²) < 4.78 is 5.56. The summed E-state index contributed by atoms with van der Waals surface area (Å²) in [4.78, 5) is 11.4. The Bertz CT molecular complexity index is 445. The van der Waals surface area contributed by atoms with Crippen molar-refractivity contribution in [3.63, 3.8) is 0 Å². The molecule has 0 aliphatic heterocycles. The van der Waals surface area contributed by atoms with Gasteiger partial charge in [-0.1, -0.05) is 6.07 Å². The molecule has 4 heteroatoms. The fourth-order valence-electron chi connectivity index (χ4n) is 2.29. The van der Waals surface area contributed by atoms with Crippen LogP contribution in [0.4, 0.5) is 0 Å². The zero-order chi connectivity index (χ0) is 13.1. The summed E-state index contributed by atoms with van der Waals surface area (Å²) in [7, 11) is 1.58. The molecule has 1 amide bonds. The first-order valence-electron chi connectivity index (χ1n) is 6.31. The van der Waals surface area contributed by atoms with Crippen LogP contribution >= 0.6 is 0 Å². The molecule has 1 aliphatic rings. The number of hydrogen-bond donors (Lipinski definition) is 2. The molecule has 1 aromatic carbocycles. The highest BCUT2D eigenvalue weighted by Crippen LogP contribution is 2.32. The van der Waals surface area contributed by atoms with E-state index in [2.05, 4.69) is 5.32 Å². The summed E-state index contributed by atoms with van der Waals surface area (Å²) in [5, 5.41) is 12.5. The minimum absolute atomic E-state index is 0.159. The summed E-state index contributed by atoms with van der Waals surface area (Å²) in [6.07, 6.45) is 1.86. The third-order valence-electron chi connectivity index (χ3n) is 3.33. The Balaban J connectivity index is 2.15. The number of nitrogens with one attached hydrogen (secondary N) is 1. The van der Waals surface area contributed by atoms with E-state index in [-0.39, 0.29) is 5.91 Å². The Kier molecular flexibility index (Phi) is 3.87. The zero-order valence-corrected chi connectivity index (χ0v) is 10.8. The van der Waals surface area contributed by atoms with Crippen LogP contribution in [0.5, 0.6) is 5.75 Å². The van der Waals surface area contributed by atoms with E-state index in [1.54, 1.807) is 14.0 Å². The highest BCUT2D eigenvalue weighted by Gasteiger charge is 2.19. The predicted molar refractivity (Wildman–Crippen MR) is 68.5 cm³/mol. The number of carbonyl (C=O) groups excluding carboxylic acids is 1. The molecule has 2 unspecified atom stereocenters. The second kappa shape index (κ2) is 5.40. The van der Waals surface area contributed by atoms with E-state index in [1.807, 2.05) is 18.2 Å². The Morgan fingerprint density at radius 3 is 3.06 bits per heavy atom. The molecule has 0 bridgehead atoms. The summed E-state index contributed by atoms with van der Waals surface area (Å²) in [5.74, 6) is 0.471. The van der Waals surface area contributed by atoms with Crippen molar-refractivity contribution in [1.29, 1.82) is 0 Å². The van der Waals surface area contributed by atoms with Gasteiger partial charge in [-0.25, -0.2) is 0 Å². The van der Waals surface area contributed by atoms with Crippen LogP contribution in [0.3, 0.4) is 0 Å². The van der Waals surface area contributed by atoms with E-state index in [0.29, 0.717) is 5.75 Å². The quantitative estimate of drug-likeness (QED) is 0.855. The SMILES string of the molecule is CNC(=O)C(C)Oc1ccc2c(c1)C(O)CCC2. The molecule has 0 heterocycles. The van der Waals surface area contributed by atoms with Crippen LogP contribution < -0.4 is 10.1 Å². The molecule has 0 aromatic heterocycles. The number of rotatable bonds is 3. The molecule has 2 rings (SSSR count). The number of likely N-dealkylation sites (N-methyl/N-ethyl adjacent to an activating group) is 1.